The van der Waals surface area contributed by atoms with Crippen LogP contribution in [0, 0.1) is 6.92 Å². The third-order valence-corrected chi connectivity index (χ3v) is 3.28. The van der Waals surface area contributed by atoms with Gasteiger partial charge in [0.05, 0.1) is 0 Å². The lowest BCUT2D eigenvalue weighted by atomic mass is 10.1. The SMILES string of the molecule is CCNCCCc1cn(C)c2ccc(C)cc12. The summed E-state index contributed by atoms with van der Waals surface area (Å²) in [6.45, 7) is 6.49. The number of hydrogen-bond acceptors (Lipinski definition) is 1. The van der Waals surface area contributed by atoms with Crippen molar-refractivity contribution in [3.63, 3.8) is 0 Å². The summed E-state index contributed by atoms with van der Waals surface area (Å²) in [6, 6.07) is 6.71. The molecule has 0 aliphatic carbocycles. The molecule has 0 saturated heterocycles. The van der Waals surface area contributed by atoms with Crippen LogP contribution in [0.4, 0.5) is 0 Å². The van der Waals surface area contributed by atoms with Gasteiger partial charge in [-0.3, -0.25) is 0 Å². The lowest BCUT2D eigenvalue weighted by Gasteiger charge is -2.01. The van der Waals surface area contributed by atoms with Gasteiger partial charge in [0.2, 0.25) is 0 Å². The largest absolute Gasteiger partial charge is 0.350 e. The molecule has 2 heteroatoms. The standard InChI is InChI=1S/C15H22N2/c1-4-16-9-5-6-13-11-17(3)15-8-7-12(2)10-14(13)15/h7-8,10-11,16H,4-6,9H2,1-3H3. The van der Waals surface area contributed by atoms with E-state index < -0.39 is 0 Å². The number of nitrogens with one attached hydrogen (secondary N) is 1. The summed E-state index contributed by atoms with van der Waals surface area (Å²) < 4.78 is 2.23. The molecule has 2 nitrogen and oxygen atoms in total. The summed E-state index contributed by atoms with van der Waals surface area (Å²) in [5.74, 6) is 0. The summed E-state index contributed by atoms with van der Waals surface area (Å²) in [7, 11) is 2.13. The van der Waals surface area contributed by atoms with E-state index in [4.69, 9.17) is 0 Å². The predicted molar refractivity (Wildman–Crippen MR) is 74.5 cm³/mol. The molecular weight excluding hydrogens is 208 g/mol. The molecule has 2 rings (SSSR count). The van der Waals surface area contributed by atoms with Crippen molar-refractivity contribution in [3.05, 3.63) is 35.5 Å². The number of aryl methyl sites for hydroxylation is 3. The minimum atomic E-state index is 1.06. The molecule has 0 bridgehead atoms. The second kappa shape index (κ2) is 5.37. The van der Waals surface area contributed by atoms with Crippen LogP contribution in [0.5, 0.6) is 0 Å². The van der Waals surface area contributed by atoms with Crippen molar-refractivity contribution in [2.24, 2.45) is 7.05 Å². The zero-order valence-electron chi connectivity index (χ0n) is 11.1. The Morgan fingerprint density at radius 1 is 1.29 bits per heavy atom. The predicted octanol–water partition coefficient (Wildman–Crippen LogP) is 3.03. The van der Waals surface area contributed by atoms with Crippen LogP contribution in [-0.4, -0.2) is 17.7 Å². The molecule has 17 heavy (non-hydrogen) atoms. The zero-order valence-corrected chi connectivity index (χ0v) is 11.1. The Labute approximate surface area is 104 Å². The van der Waals surface area contributed by atoms with Crippen molar-refractivity contribution in [2.75, 3.05) is 13.1 Å². The van der Waals surface area contributed by atoms with Crippen molar-refractivity contribution in [3.8, 4) is 0 Å². The van der Waals surface area contributed by atoms with Crippen LogP contribution in [0.3, 0.4) is 0 Å². The summed E-state index contributed by atoms with van der Waals surface area (Å²) >= 11 is 0. The minimum absolute atomic E-state index is 1.06. The van der Waals surface area contributed by atoms with Crippen molar-refractivity contribution in [2.45, 2.75) is 26.7 Å². The average Bonchev–Trinajstić information content (AvgIpc) is 2.61. The second-order valence-electron chi connectivity index (χ2n) is 4.74. The number of aromatic nitrogens is 1. The van der Waals surface area contributed by atoms with Gasteiger partial charge in [-0.2, -0.15) is 0 Å². The zero-order chi connectivity index (χ0) is 12.3. The highest BCUT2D eigenvalue weighted by Gasteiger charge is 2.06. The van der Waals surface area contributed by atoms with Crippen LogP contribution < -0.4 is 5.32 Å². The molecular formula is C15H22N2. The molecule has 0 atom stereocenters. The molecule has 0 saturated carbocycles. The van der Waals surface area contributed by atoms with Gasteiger partial charge in [-0.25, -0.2) is 0 Å². The first kappa shape index (κ1) is 12.2. The summed E-state index contributed by atoms with van der Waals surface area (Å²) in [6.07, 6.45) is 4.64. The normalized spacial score (nSPS) is 11.2. The molecule has 0 unspecified atom stereocenters. The van der Waals surface area contributed by atoms with E-state index in [1.54, 1.807) is 0 Å². The number of nitrogens with zero attached hydrogens (tertiary/aromatic N) is 1. The van der Waals surface area contributed by atoms with Crippen molar-refractivity contribution < 1.29 is 0 Å². The van der Waals surface area contributed by atoms with Crippen LogP contribution in [0.2, 0.25) is 0 Å². The van der Waals surface area contributed by atoms with Gasteiger partial charge in [-0.15, -0.1) is 0 Å². The van der Waals surface area contributed by atoms with Gasteiger partial charge in [-0.1, -0.05) is 18.6 Å². The first-order chi connectivity index (χ1) is 8.22. The molecule has 0 radical (unpaired) electrons. The highest BCUT2D eigenvalue weighted by molar-refractivity contribution is 5.84. The fourth-order valence-corrected chi connectivity index (χ4v) is 2.37. The number of fused-ring (bicyclic) bond motifs is 1. The quantitative estimate of drug-likeness (QED) is 0.781. The van der Waals surface area contributed by atoms with E-state index in [1.807, 2.05) is 0 Å². The van der Waals surface area contributed by atoms with Gasteiger partial charge in [0.1, 0.15) is 0 Å². The van der Waals surface area contributed by atoms with Crippen molar-refractivity contribution in [1.82, 2.24) is 9.88 Å². The Hall–Kier alpha value is -1.28. The summed E-state index contributed by atoms with van der Waals surface area (Å²) in [5, 5.41) is 4.80. The molecule has 0 spiro atoms. The summed E-state index contributed by atoms with van der Waals surface area (Å²) in [4.78, 5) is 0. The number of benzene rings is 1. The maximum absolute atomic E-state index is 3.38. The average molecular weight is 230 g/mol. The van der Waals surface area contributed by atoms with Gasteiger partial charge >= 0.3 is 0 Å². The lowest BCUT2D eigenvalue weighted by Crippen LogP contribution is -2.14. The topological polar surface area (TPSA) is 17.0 Å². The molecule has 1 N–H and O–H groups in total. The molecule has 0 fully saturated rings. The van der Waals surface area contributed by atoms with Gasteiger partial charge < -0.3 is 9.88 Å². The molecule has 92 valence electrons. The van der Waals surface area contributed by atoms with E-state index in [9.17, 15) is 0 Å². The first-order valence-corrected chi connectivity index (χ1v) is 6.47. The monoisotopic (exact) mass is 230 g/mol. The molecule has 0 amide bonds. The highest BCUT2D eigenvalue weighted by Crippen LogP contribution is 2.22. The van der Waals surface area contributed by atoms with E-state index in [0.717, 1.165) is 19.5 Å². The van der Waals surface area contributed by atoms with Gasteiger partial charge in [-0.05, 0) is 50.6 Å². The Kier molecular flexibility index (Phi) is 3.85. The number of rotatable bonds is 5. The molecule has 2 aromatic rings. The maximum atomic E-state index is 3.38. The Balaban J connectivity index is 2.19. The van der Waals surface area contributed by atoms with Gasteiger partial charge in [0.15, 0.2) is 0 Å². The molecule has 0 aliphatic rings. The lowest BCUT2D eigenvalue weighted by molar-refractivity contribution is 0.673. The van der Waals surface area contributed by atoms with Crippen LogP contribution in [-0.2, 0) is 13.5 Å². The number of hydrogen-bond donors (Lipinski definition) is 1. The molecule has 1 aromatic heterocycles. The highest BCUT2D eigenvalue weighted by atomic mass is 14.9. The van der Waals surface area contributed by atoms with E-state index in [1.165, 1.54) is 28.5 Å². The fraction of sp³-hybridized carbons (Fsp3) is 0.467. The minimum Gasteiger partial charge on any atom is -0.350 e. The fourth-order valence-electron chi connectivity index (χ4n) is 2.37. The molecule has 0 aliphatic heterocycles. The summed E-state index contributed by atoms with van der Waals surface area (Å²) in [5.41, 5.74) is 4.16. The van der Waals surface area contributed by atoms with Gasteiger partial charge in [0.25, 0.3) is 0 Å². The van der Waals surface area contributed by atoms with E-state index in [2.05, 4.69) is 55.2 Å². The van der Waals surface area contributed by atoms with Gasteiger partial charge in [0, 0.05) is 24.1 Å². The second-order valence-corrected chi connectivity index (χ2v) is 4.74. The van der Waals surface area contributed by atoms with Crippen LogP contribution in [0.25, 0.3) is 10.9 Å². The van der Waals surface area contributed by atoms with E-state index >= 15 is 0 Å². The Morgan fingerprint density at radius 3 is 2.88 bits per heavy atom. The smallest absolute Gasteiger partial charge is 0.0480 e. The molecule has 1 heterocycles. The van der Waals surface area contributed by atoms with E-state index in [-0.39, 0.29) is 0 Å². The van der Waals surface area contributed by atoms with Crippen LogP contribution in [0.1, 0.15) is 24.5 Å². The molecule has 1 aromatic carbocycles. The third-order valence-electron chi connectivity index (χ3n) is 3.28. The van der Waals surface area contributed by atoms with Crippen molar-refractivity contribution >= 4 is 10.9 Å². The van der Waals surface area contributed by atoms with E-state index in [0.29, 0.717) is 0 Å². The van der Waals surface area contributed by atoms with Crippen molar-refractivity contribution in [1.29, 1.82) is 0 Å². The first-order valence-electron chi connectivity index (χ1n) is 6.47. The van der Waals surface area contributed by atoms with Crippen LogP contribution in [0.15, 0.2) is 24.4 Å². The van der Waals surface area contributed by atoms with Crippen LogP contribution >= 0.6 is 0 Å². The third kappa shape index (κ3) is 2.70. The maximum Gasteiger partial charge on any atom is 0.0480 e. The Bertz CT molecular complexity index is 497. The Morgan fingerprint density at radius 2 is 2.12 bits per heavy atom.